The van der Waals surface area contributed by atoms with E-state index in [1.165, 1.54) is 15.9 Å². The monoisotopic (exact) mass is 525 g/mol. The molecule has 3 aromatic heterocycles. The molecule has 6 rings (SSSR count). The molecule has 182 valence electrons. The van der Waals surface area contributed by atoms with Crippen LogP contribution in [0.1, 0.15) is 12.5 Å². The second kappa shape index (κ2) is 9.65. The highest BCUT2D eigenvalue weighted by atomic mass is 35.5. The van der Waals surface area contributed by atoms with Gasteiger partial charge >= 0.3 is 0 Å². The van der Waals surface area contributed by atoms with E-state index < -0.39 is 0 Å². The van der Waals surface area contributed by atoms with Crippen LogP contribution in [0.2, 0.25) is 5.02 Å². The van der Waals surface area contributed by atoms with E-state index >= 15 is 0 Å². The number of nitrogens with zero attached hydrogens (tertiary/aromatic N) is 5. The molecule has 0 unspecified atom stereocenters. The van der Waals surface area contributed by atoms with E-state index in [0.29, 0.717) is 26.9 Å². The topological polar surface area (TPSA) is 74.3 Å². The summed E-state index contributed by atoms with van der Waals surface area (Å²) in [6, 6.07) is 24.8. The van der Waals surface area contributed by atoms with E-state index in [9.17, 15) is 4.79 Å². The van der Waals surface area contributed by atoms with Gasteiger partial charge in [-0.15, -0.1) is 5.10 Å². The lowest BCUT2D eigenvalue weighted by molar-refractivity contribution is 0.340. The number of hydrogen-bond acceptors (Lipinski definition) is 6. The Morgan fingerprint density at radius 3 is 2.38 bits per heavy atom. The lowest BCUT2D eigenvalue weighted by Gasteiger charge is -2.02. The maximum absolute atomic E-state index is 13.3. The maximum Gasteiger partial charge on any atom is 0.291 e. The van der Waals surface area contributed by atoms with Crippen molar-refractivity contribution in [1.29, 1.82) is 0 Å². The summed E-state index contributed by atoms with van der Waals surface area (Å²) in [7, 11) is 0. The fourth-order valence-electron chi connectivity index (χ4n) is 4.00. The summed E-state index contributed by atoms with van der Waals surface area (Å²) in [5.41, 5.74) is 3.96. The third-order valence-electron chi connectivity index (χ3n) is 5.77. The van der Waals surface area contributed by atoms with Crippen molar-refractivity contribution in [2.75, 3.05) is 6.61 Å². The first-order valence-corrected chi connectivity index (χ1v) is 12.8. The van der Waals surface area contributed by atoms with Gasteiger partial charge in [0.15, 0.2) is 5.82 Å². The minimum absolute atomic E-state index is 0.223. The van der Waals surface area contributed by atoms with Crippen LogP contribution >= 0.6 is 22.9 Å². The number of thiazole rings is 1. The second-order valence-corrected chi connectivity index (χ2v) is 9.67. The fourth-order valence-corrected chi connectivity index (χ4v) is 5.03. The Hall–Kier alpha value is -4.27. The van der Waals surface area contributed by atoms with Crippen LogP contribution in [-0.4, -0.2) is 31.0 Å². The zero-order valence-electron chi connectivity index (χ0n) is 19.7. The molecule has 37 heavy (non-hydrogen) atoms. The van der Waals surface area contributed by atoms with Gasteiger partial charge in [0.2, 0.25) is 4.96 Å². The Kier molecular flexibility index (Phi) is 6.04. The lowest BCUT2D eigenvalue weighted by Crippen LogP contribution is -2.23. The minimum atomic E-state index is -0.223. The van der Waals surface area contributed by atoms with Crippen molar-refractivity contribution in [2.24, 2.45) is 0 Å². The van der Waals surface area contributed by atoms with Crippen LogP contribution < -0.4 is 14.8 Å². The van der Waals surface area contributed by atoms with Gasteiger partial charge in [-0.3, -0.25) is 4.79 Å². The number of benzene rings is 3. The summed E-state index contributed by atoms with van der Waals surface area (Å²) in [4.78, 5) is 18.4. The molecule has 0 aliphatic rings. The quantitative estimate of drug-likeness (QED) is 0.296. The third kappa shape index (κ3) is 4.52. The predicted molar refractivity (Wildman–Crippen MR) is 147 cm³/mol. The summed E-state index contributed by atoms with van der Waals surface area (Å²) < 4.78 is 9.18. The molecule has 0 saturated carbocycles. The van der Waals surface area contributed by atoms with E-state index in [1.54, 1.807) is 4.68 Å². The highest BCUT2D eigenvalue weighted by molar-refractivity contribution is 7.15. The lowest BCUT2D eigenvalue weighted by atomic mass is 10.1. The van der Waals surface area contributed by atoms with Crippen molar-refractivity contribution in [1.82, 2.24) is 24.4 Å². The van der Waals surface area contributed by atoms with Gasteiger partial charge in [0.1, 0.15) is 11.4 Å². The van der Waals surface area contributed by atoms with E-state index in [4.69, 9.17) is 21.4 Å². The normalized spacial score (nSPS) is 11.9. The standard InChI is InChI=1S/C28H20ClN5O2S/c1-2-36-23-14-10-19(11-15-23)26-30-28-34(32-26)27(35)24(37-28)16-20-17-33(22-6-4-3-5-7-22)31-25(20)18-8-12-21(29)13-9-18/h3-17H,2H2,1H3. The molecule has 3 heterocycles. The number of ether oxygens (including phenoxy) is 1. The van der Waals surface area contributed by atoms with E-state index in [1.807, 2.05) is 98.1 Å². The average molecular weight is 526 g/mol. The molecule has 0 aliphatic carbocycles. The number of para-hydroxylation sites is 1. The molecule has 6 aromatic rings. The molecule has 0 N–H and O–H groups in total. The Morgan fingerprint density at radius 2 is 1.68 bits per heavy atom. The zero-order valence-corrected chi connectivity index (χ0v) is 21.3. The van der Waals surface area contributed by atoms with Crippen LogP contribution in [0.3, 0.4) is 0 Å². The molecule has 7 nitrogen and oxygen atoms in total. The molecule has 9 heteroatoms. The Balaban J connectivity index is 1.43. The van der Waals surface area contributed by atoms with Crippen LogP contribution in [0, 0.1) is 0 Å². The summed E-state index contributed by atoms with van der Waals surface area (Å²) in [6.07, 6.45) is 3.76. The number of halogens is 1. The van der Waals surface area contributed by atoms with Crippen LogP contribution in [0.15, 0.2) is 89.9 Å². The minimum Gasteiger partial charge on any atom is -0.494 e. The number of fused-ring (bicyclic) bond motifs is 1. The van der Waals surface area contributed by atoms with Gasteiger partial charge in [-0.1, -0.05) is 53.3 Å². The average Bonchev–Trinajstić information content (AvgIpc) is 3.61. The van der Waals surface area contributed by atoms with Crippen molar-refractivity contribution >= 4 is 34.0 Å². The molecular formula is C28H20ClN5O2S. The molecule has 0 spiro atoms. The summed E-state index contributed by atoms with van der Waals surface area (Å²) in [5.74, 6) is 1.28. The largest absolute Gasteiger partial charge is 0.494 e. The van der Waals surface area contributed by atoms with Gasteiger partial charge in [0, 0.05) is 27.9 Å². The van der Waals surface area contributed by atoms with Crippen molar-refractivity contribution in [3.63, 3.8) is 0 Å². The van der Waals surface area contributed by atoms with Gasteiger partial charge < -0.3 is 4.74 Å². The molecule has 0 bridgehead atoms. The van der Waals surface area contributed by atoms with Crippen molar-refractivity contribution < 1.29 is 4.74 Å². The summed E-state index contributed by atoms with van der Waals surface area (Å²) >= 11 is 7.40. The van der Waals surface area contributed by atoms with Crippen LogP contribution in [0.25, 0.3) is 39.4 Å². The molecule has 0 fully saturated rings. The second-order valence-electron chi connectivity index (χ2n) is 8.22. The summed E-state index contributed by atoms with van der Waals surface area (Å²) in [5, 5.41) is 9.93. The van der Waals surface area contributed by atoms with Gasteiger partial charge in [0.25, 0.3) is 5.56 Å². The van der Waals surface area contributed by atoms with Crippen molar-refractivity contribution in [3.05, 3.63) is 111 Å². The van der Waals surface area contributed by atoms with Crippen LogP contribution in [0.5, 0.6) is 5.75 Å². The van der Waals surface area contributed by atoms with E-state index in [-0.39, 0.29) is 5.56 Å². The molecule has 0 radical (unpaired) electrons. The molecular weight excluding hydrogens is 506 g/mol. The highest BCUT2D eigenvalue weighted by Gasteiger charge is 2.15. The molecule has 0 saturated heterocycles. The molecule has 3 aromatic carbocycles. The van der Waals surface area contributed by atoms with Crippen molar-refractivity contribution in [2.45, 2.75) is 6.92 Å². The first-order valence-electron chi connectivity index (χ1n) is 11.6. The Labute approximate surface area is 220 Å². The zero-order chi connectivity index (χ0) is 25.4. The number of hydrogen-bond donors (Lipinski definition) is 0. The van der Waals surface area contributed by atoms with Gasteiger partial charge in [-0.25, -0.2) is 4.68 Å². The van der Waals surface area contributed by atoms with Crippen LogP contribution in [0.4, 0.5) is 0 Å². The SMILES string of the molecule is CCOc1ccc(-c2nc3sc(=Cc4cn(-c5ccccc5)nc4-c4ccc(Cl)cc4)c(=O)n3n2)cc1. The Morgan fingerprint density at radius 1 is 0.946 bits per heavy atom. The first-order chi connectivity index (χ1) is 18.1. The third-order valence-corrected chi connectivity index (χ3v) is 6.98. The van der Waals surface area contributed by atoms with E-state index in [0.717, 1.165) is 33.8 Å². The molecule has 0 atom stereocenters. The highest BCUT2D eigenvalue weighted by Crippen LogP contribution is 2.26. The van der Waals surface area contributed by atoms with Gasteiger partial charge in [0.05, 0.1) is 16.8 Å². The van der Waals surface area contributed by atoms with Gasteiger partial charge in [-0.2, -0.15) is 14.6 Å². The molecule has 0 amide bonds. The smallest absolute Gasteiger partial charge is 0.291 e. The first kappa shape index (κ1) is 23.1. The fraction of sp³-hybridized carbons (Fsp3) is 0.0714. The molecule has 0 aliphatic heterocycles. The number of aromatic nitrogens is 5. The van der Waals surface area contributed by atoms with E-state index in [2.05, 4.69) is 10.1 Å². The van der Waals surface area contributed by atoms with Gasteiger partial charge in [-0.05, 0) is 61.5 Å². The maximum atomic E-state index is 13.3. The Bertz CT molecular complexity index is 1810. The van der Waals surface area contributed by atoms with Crippen LogP contribution in [-0.2, 0) is 0 Å². The summed E-state index contributed by atoms with van der Waals surface area (Å²) in [6.45, 7) is 2.54. The number of rotatable bonds is 6. The van der Waals surface area contributed by atoms with Crippen molar-refractivity contribution in [3.8, 4) is 34.1 Å². The predicted octanol–water partition coefficient (Wildman–Crippen LogP) is 5.27.